The van der Waals surface area contributed by atoms with Crippen molar-refractivity contribution in [1.29, 1.82) is 0 Å². The predicted molar refractivity (Wildman–Crippen MR) is 94.1 cm³/mol. The molecule has 0 radical (unpaired) electrons. The molecule has 0 saturated heterocycles. The molecule has 2 amide bonds. The molecule has 2 atom stereocenters. The van der Waals surface area contributed by atoms with Crippen molar-refractivity contribution >= 4 is 11.7 Å². The van der Waals surface area contributed by atoms with Crippen LogP contribution < -0.4 is 16.2 Å². The zero-order chi connectivity index (χ0) is 17.5. The van der Waals surface area contributed by atoms with Gasteiger partial charge in [0.05, 0.1) is 6.54 Å². The lowest BCUT2D eigenvalue weighted by atomic mass is 10.1. The molecule has 0 aliphatic rings. The van der Waals surface area contributed by atoms with Gasteiger partial charge in [0, 0.05) is 18.8 Å². The Morgan fingerprint density at radius 3 is 2.54 bits per heavy atom. The van der Waals surface area contributed by atoms with Crippen molar-refractivity contribution in [3.05, 3.63) is 64.6 Å². The molecule has 1 heterocycles. The molecule has 24 heavy (non-hydrogen) atoms. The van der Waals surface area contributed by atoms with E-state index >= 15 is 0 Å². The van der Waals surface area contributed by atoms with E-state index in [0.29, 0.717) is 6.54 Å². The molecule has 0 bridgehead atoms. The lowest BCUT2D eigenvalue weighted by molar-refractivity contribution is 0.204. The van der Waals surface area contributed by atoms with E-state index in [4.69, 9.17) is 5.11 Å². The smallest absolute Gasteiger partial charge is 0.319 e. The summed E-state index contributed by atoms with van der Waals surface area (Å²) < 4.78 is 1.55. The minimum absolute atomic E-state index is 0.0172. The van der Waals surface area contributed by atoms with Crippen molar-refractivity contribution in [3.8, 4) is 0 Å². The Balaban J connectivity index is 2.08. The van der Waals surface area contributed by atoms with Gasteiger partial charge in [0.1, 0.15) is 5.69 Å². The number of aliphatic hydroxyl groups is 1. The second kappa shape index (κ2) is 8.31. The third-order valence-corrected chi connectivity index (χ3v) is 3.96. The lowest BCUT2D eigenvalue weighted by Crippen LogP contribution is -2.41. The number of anilines is 1. The van der Waals surface area contributed by atoms with E-state index in [1.165, 1.54) is 0 Å². The molecule has 2 unspecified atom stereocenters. The van der Waals surface area contributed by atoms with Gasteiger partial charge in [-0.25, -0.2) is 4.79 Å². The van der Waals surface area contributed by atoms with Crippen LogP contribution in [0, 0.1) is 5.92 Å². The van der Waals surface area contributed by atoms with Crippen LogP contribution in [0.1, 0.15) is 19.4 Å². The molecule has 2 aromatic rings. The number of hydrogen-bond acceptors (Lipinski definition) is 3. The number of urea groups is 1. The van der Waals surface area contributed by atoms with Crippen LogP contribution in [0.15, 0.2) is 53.5 Å². The van der Waals surface area contributed by atoms with Gasteiger partial charge in [0.15, 0.2) is 0 Å². The van der Waals surface area contributed by atoms with Gasteiger partial charge in [-0.3, -0.25) is 4.79 Å². The maximum atomic E-state index is 12.5. The zero-order valence-electron chi connectivity index (χ0n) is 13.9. The summed E-state index contributed by atoms with van der Waals surface area (Å²) in [7, 11) is 0. The van der Waals surface area contributed by atoms with E-state index in [-0.39, 0.29) is 29.8 Å². The first-order chi connectivity index (χ1) is 11.5. The topological polar surface area (TPSA) is 83.4 Å². The van der Waals surface area contributed by atoms with Gasteiger partial charge >= 0.3 is 6.03 Å². The number of benzene rings is 1. The number of pyridine rings is 1. The van der Waals surface area contributed by atoms with Gasteiger partial charge < -0.3 is 20.3 Å². The van der Waals surface area contributed by atoms with E-state index in [1.807, 2.05) is 37.3 Å². The fourth-order valence-electron chi connectivity index (χ4n) is 2.20. The quantitative estimate of drug-likeness (QED) is 0.758. The van der Waals surface area contributed by atoms with Gasteiger partial charge in [-0.2, -0.15) is 0 Å². The van der Waals surface area contributed by atoms with Crippen LogP contribution in [0.2, 0.25) is 0 Å². The average molecular weight is 329 g/mol. The number of nitrogens with one attached hydrogen (secondary N) is 2. The van der Waals surface area contributed by atoms with Crippen molar-refractivity contribution in [1.82, 2.24) is 9.88 Å². The third kappa shape index (κ3) is 4.70. The summed E-state index contributed by atoms with van der Waals surface area (Å²) in [4.78, 5) is 24.5. The van der Waals surface area contributed by atoms with E-state index in [0.717, 1.165) is 5.56 Å². The average Bonchev–Trinajstić information content (AvgIpc) is 2.58. The first-order valence-electron chi connectivity index (χ1n) is 7.93. The standard InChI is InChI=1S/C18H23N3O3/c1-13(12-22)14(2)19-18(24)20-16-9-6-10-21(17(16)23)11-15-7-4-3-5-8-15/h3-10,13-14,22H,11-12H2,1-2H3,(H2,19,20,24). The number of carbonyl (C=O) groups is 1. The van der Waals surface area contributed by atoms with Crippen molar-refractivity contribution in [2.24, 2.45) is 5.92 Å². The lowest BCUT2D eigenvalue weighted by Gasteiger charge is -2.19. The summed E-state index contributed by atoms with van der Waals surface area (Å²) in [6.07, 6.45) is 1.69. The molecule has 1 aromatic heterocycles. The molecule has 1 aromatic carbocycles. The minimum Gasteiger partial charge on any atom is -0.396 e. The van der Waals surface area contributed by atoms with Crippen LogP contribution >= 0.6 is 0 Å². The Bertz CT molecular complexity index is 728. The van der Waals surface area contributed by atoms with Crippen LogP contribution in [-0.4, -0.2) is 28.4 Å². The number of aliphatic hydroxyl groups excluding tert-OH is 1. The summed E-state index contributed by atoms with van der Waals surface area (Å²) in [5.41, 5.74) is 0.959. The molecule has 0 aliphatic heterocycles. The SMILES string of the molecule is CC(CO)C(C)NC(=O)Nc1cccn(Cc2ccccc2)c1=O. The highest BCUT2D eigenvalue weighted by molar-refractivity contribution is 5.89. The van der Waals surface area contributed by atoms with Crippen molar-refractivity contribution in [3.63, 3.8) is 0 Å². The van der Waals surface area contributed by atoms with E-state index in [1.54, 1.807) is 29.8 Å². The number of carbonyl (C=O) groups excluding carboxylic acids is 1. The summed E-state index contributed by atoms with van der Waals surface area (Å²) in [5, 5.41) is 14.4. The van der Waals surface area contributed by atoms with Gasteiger partial charge in [0.25, 0.3) is 5.56 Å². The molecule has 6 nitrogen and oxygen atoms in total. The Kier molecular flexibility index (Phi) is 6.14. The zero-order valence-corrected chi connectivity index (χ0v) is 13.9. The molecule has 3 N–H and O–H groups in total. The van der Waals surface area contributed by atoms with E-state index in [9.17, 15) is 9.59 Å². The monoisotopic (exact) mass is 329 g/mol. The molecule has 6 heteroatoms. The number of aromatic nitrogens is 1. The summed E-state index contributed by atoms with van der Waals surface area (Å²) in [5.74, 6) is -0.0683. The highest BCUT2D eigenvalue weighted by Gasteiger charge is 2.15. The first-order valence-corrected chi connectivity index (χ1v) is 7.93. The summed E-state index contributed by atoms with van der Waals surface area (Å²) >= 11 is 0. The predicted octanol–water partition coefficient (Wildman–Crippen LogP) is 2.04. The molecule has 2 rings (SSSR count). The molecular weight excluding hydrogens is 306 g/mol. The van der Waals surface area contributed by atoms with Crippen LogP contribution in [0.5, 0.6) is 0 Å². The Labute approximate surface area is 141 Å². The maximum absolute atomic E-state index is 12.5. The first kappa shape index (κ1) is 17.7. The second-order valence-corrected chi connectivity index (χ2v) is 5.89. The fourth-order valence-corrected chi connectivity index (χ4v) is 2.20. The van der Waals surface area contributed by atoms with E-state index < -0.39 is 6.03 Å². The Morgan fingerprint density at radius 2 is 1.88 bits per heavy atom. The summed E-state index contributed by atoms with van der Waals surface area (Å²) in [6, 6.07) is 12.3. The number of nitrogens with zero attached hydrogens (tertiary/aromatic N) is 1. The van der Waals surface area contributed by atoms with Gasteiger partial charge in [-0.05, 0) is 30.5 Å². The molecule has 0 saturated carbocycles. The van der Waals surface area contributed by atoms with Crippen molar-refractivity contribution in [2.75, 3.05) is 11.9 Å². The second-order valence-electron chi connectivity index (χ2n) is 5.89. The number of hydrogen-bond donors (Lipinski definition) is 3. The molecule has 0 fully saturated rings. The highest BCUT2D eigenvalue weighted by atomic mass is 16.3. The van der Waals surface area contributed by atoms with Crippen LogP contribution in [0.3, 0.4) is 0 Å². The Hall–Kier alpha value is -2.60. The summed E-state index contributed by atoms with van der Waals surface area (Å²) in [6.45, 7) is 4.06. The molecule has 0 spiro atoms. The third-order valence-electron chi connectivity index (χ3n) is 3.96. The van der Waals surface area contributed by atoms with E-state index in [2.05, 4.69) is 10.6 Å². The molecule has 128 valence electrons. The Morgan fingerprint density at radius 1 is 1.17 bits per heavy atom. The molecule has 0 aliphatic carbocycles. The van der Waals surface area contributed by atoms with Gasteiger partial charge in [-0.15, -0.1) is 0 Å². The van der Waals surface area contributed by atoms with Crippen LogP contribution in [0.25, 0.3) is 0 Å². The van der Waals surface area contributed by atoms with Crippen molar-refractivity contribution in [2.45, 2.75) is 26.4 Å². The maximum Gasteiger partial charge on any atom is 0.319 e. The van der Waals surface area contributed by atoms with Gasteiger partial charge in [-0.1, -0.05) is 37.3 Å². The van der Waals surface area contributed by atoms with Crippen molar-refractivity contribution < 1.29 is 9.90 Å². The fraction of sp³-hybridized carbons (Fsp3) is 0.333. The van der Waals surface area contributed by atoms with Crippen LogP contribution in [-0.2, 0) is 6.54 Å². The van der Waals surface area contributed by atoms with Gasteiger partial charge in [0.2, 0.25) is 0 Å². The number of amides is 2. The normalized spacial score (nSPS) is 13.1. The largest absolute Gasteiger partial charge is 0.396 e. The number of rotatable bonds is 6. The minimum atomic E-state index is -0.461. The molecular formula is C18H23N3O3. The van der Waals surface area contributed by atoms with Crippen LogP contribution in [0.4, 0.5) is 10.5 Å². The highest BCUT2D eigenvalue weighted by Crippen LogP contribution is 2.05.